The maximum atomic E-state index is 9.52. The molecule has 0 spiro atoms. The van der Waals surface area contributed by atoms with Crippen LogP contribution in [0.25, 0.3) is 0 Å². The van der Waals surface area contributed by atoms with Gasteiger partial charge < -0.3 is 5.11 Å². The van der Waals surface area contributed by atoms with Crippen molar-refractivity contribution in [2.45, 2.75) is 22.9 Å². The van der Waals surface area contributed by atoms with Gasteiger partial charge in [-0.1, -0.05) is 35.0 Å². The lowest BCUT2D eigenvalue weighted by Gasteiger charge is -2.07. The number of aliphatic hydroxyl groups excluding tert-OH is 1. The fraction of sp³-hybridized carbons (Fsp3) is 0.154. The lowest BCUT2D eigenvalue weighted by atomic mass is 10.2. The SMILES string of the molecule is C[C@H](O)c1ccnc(Sc2ccc(Cl)c(Cl)c2)c1. The molecule has 1 heterocycles. The van der Waals surface area contributed by atoms with Gasteiger partial charge in [-0.25, -0.2) is 4.98 Å². The van der Waals surface area contributed by atoms with Crippen LogP contribution in [0.5, 0.6) is 0 Å². The minimum absolute atomic E-state index is 0.499. The molecule has 0 bridgehead atoms. The van der Waals surface area contributed by atoms with E-state index in [-0.39, 0.29) is 0 Å². The molecule has 1 aromatic heterocycles. The second-order valence-electron chi connectivity index (χ2n) is 3.78. The van der Waals surface area contributed by atoms with E-state index in [4.69, 9.17) is 23.2 Å². The molecular weight excluding hydrogens is 289 g/mol. The standard InChI is InChI=1S/C13H11Cl2NOS/c1-8(17)9-4-5-16-13(6-9)18-10-2-3-11(14)12(15)7-10/h2-8,17H,1H3/t8-/m0/s1. The highest BCUT2D eigenvalue weighted by atomic mass is 35.5. The number of benzene rings is 1. The van der Waals surface area contributed by atoms with Crippen LogP contribution < -0.4 is 0 Å². The molecule has 1 N–H and O–H groups in total. The van der Waals surface area contributed by atoms with Gasteiger partial charge in [0.25, 0.3) is 0 Å². The van der Waals surface area contributed by atoms with Gasteiger partial charge in [0.2, 0.25) is 0 Å². The predicted molar refractivity (Wildman–Crippen MR) is 75.5 cm³/mol. The first-order valence-corrected chi connectivity index (χ1v) is 6.90. The van der Waals surface area contributed by atoms with E-state index in [0.717, 1.165) is 15.5 Å². The Morgan fingerprint density at radius 2 is 1.94 bits per heavy atom. The maximum absolute atomic E-state index is 9.52. The monoisotopic (exact) mass is 299 g/mol. The first kappa shape index (κ1) is 13.7. The van der Waals surface area contributed by atoms with Crippen molar-refractivity contribution in [1.29, 1.82) is 0 Å². The van der Waals surface area contributed by atoms with Gasteiger partial charge in [-0.15, -0.1) is 0 Å². The molecule has 0 unspecified atom stereocenters. The number of rotatable bonds is 3. The second-order valence-corrected chi connectivity index (χ2v) is 5.69. The molecule has 0 aliphatic carbocycles. The van der Waals surface area contributed by atoms with E-state index < -0.39 is 6.10 Å². The number of aliphatic hydroxyl groups is 1. The molecule has 18 heavy (non-hydrogen) atoms. The Morgan fingerprint density at radius 3 is 2.61 bits per heavy atom. The number of hydrogen-bond acceptors (Lipinski definition) is 3. The molecule has 1 atom stereocenters. The summed E-state index contributed by atoms with van der Waals surface area (Å²) in [6.07, 6.45) is 1.18. The smallest absolute Gasteiger partial charge is 0.101 e. The van der Waals surface area contributed by atoms with Crippen LogP contribution in [0, 0.1) is 0 Å². The van der Waals surface area contributed by atoms with Crippen LogP contribution in [0.3, 0.4) is 0 Å². The maximum Gasteiger partial charge on any atom is 0.101 e. The van der Waals surface area contributed by atoms with Crippen molar-refractivity contribution < 1.29 is 5.11 Å². The van der Waals surface area contributed by atoms with Crippen molar-refractivity contribution in [1.82, 2.24) is 4.98 Å². The summed E-state index contributed by atoms with van der Waals surface area (Å²) >= 11 is 13.3. The summed E-state index contributed by atoms with van der Waals surface area (Å²) in [5, 5.41) is 11.4. The van der Waals surface area contributed by atoms with E-state index in [0.29, 0.717) is 10.0 Å². The average molecular weight is 300 g/mol. The van der Waals surface area contributed by atoms with Gasteiger partial charge in [-0.05, 0) is 42.8 Å². The summed E-state index contributed by atoms with van der Waals surface area (Å²) in [5.41, 5.74) is 0.840. The Hall–Kier alpha value is -0.740. The van der Waals surface area contributed by atoms with E-state index in [9.17, 15) is 5.11 Å². The van der Waals surface area contributed by atoms with Crippen molar-refractivity contribution in [3.05, 3.63) is 52.1 Å². The Balaban J connectivity index is 2.23. The third-order valence-electron chi connectivity index (χ3n) is 2.35. The van der Waals surface area contributed by atoms with Crippen LogP contribution >= 0.6 is 35.0 Å². The van der Waals surface area contributed by atoms with Gasteiger partial charge in [0.1, 0.15) is 5.03 Å². The topological polar surface area (TPSA) is 33.1 Å². The van der Waals surface area contributed by atoms with Crippen molar-refractivity contribution >= 4 is 35.0 Å². The largest absolute Gasteiger partial charge is 0.389 e. The Morgan fingerprint density at radius 1 is 1.17 bits per heavy atom. The number of halogens is 2. The molecule has 94 valence electrons. The molecule has 0 fully saturated rings. The lowest BCUT2D eigenvalue weighted by Crippen LogP contribution is -1.92. The van der Waals surface area contributed by atoms with E-state index >= 15 is 0 Å². The first-order chi connectivity index (χ1) is 8.56. The predicted octanol–water partition coefficient (Wildman–Crippen LogP) is 4.59. The minimum atomic E-state index is -0.499. The Labute approximate surface area is 120 Å². The van der Waals surface area contributed by atoms with Crippen LogP contribution in [0.4, 0.5) is 0 Å². The summed E-state index contributed by atoms with van der Waals surface area (Å²) in [5.74, 6) is 0. The normalized spacial score (nSPS) is 12.4. The van der Waals surface area contributed by atoms with Gasteiger partial charge in [0, 0.05) is 11.1 Å². The molecule has 2 nitrogen and oxygen atoms in total. The molecule has 0 saturated heterocycles. The number of nitrogens with zero attached hydrogens (tertiary/aromatic N) is 1. The zero-order chi connectivity index (χ0) is 13.1. The van der Waals surface area contributed by atoms with Crippen molar-refractivity contribution in [2.24, 2.45) is 0 Å². The highest BCUT2D eigenvalue weighted by Gasteiger charge is 2.05. The van der Waals surface area contributed by atoms with Crippen molar-refractivity contribution in [3.8, 4) is 0 Å². The highest BCUT2D eigenvalue weighted by Crippen LogP contribution is 2.32. The molecule has 0 aliphatic rings. The fourth-order valence-corrected chi connectivity index (χ4v) is 2.63. The summed E-state index contributed by atoms with van der Waals surface area (Å²) in [4.78, 5) is 5.20. The number of pyridine rings is 1. The summed E-state index contributed by atoms with van der Waals surface area (Å²) in [7, 11) is 0. The molecule has 0 amide bonds. The van der Waals surface area contributed by atoms with Gasteiger partial charge >= 0.3 is 0 Å². The molecule has 0 radical (unpaired) electrons. The summed E-state index contributed by atoms with van der Waals surface area (Å²) in [6.45, 7) is 1.73. The second kappa shape index (κ2) is 5.93. The van der Waals surface area contributed by atoms with Crippen LogP contribution in [0.2, 0.25) is 10.0 Å². The van der Waals surface area contributed by atoms with Crippen molar-refractivity contribution in [2.75, 3.05) is 0 Å². The van der Waals surface area contributed by atoms with Crippen LogP contribution in [-0.4, -0.2) is 10.1 Å². The molecule has 2 aromatic rings. The molecule has 1 aromatic carbocycles. The molecule has 5 heteroatoms. The van der Waals surface area contributed by atoms with E-state index in [1.54, 1.807) is 31.3 Å². The van der Waals surface area contributed by atoms with Crippen LogP contribution in [0.15, 0.2) is 46.5 Å². The molecule has 2 rings (SSSR count). The minimum Gasteiger partial charge on any atom is -0.389 e. The first-order valence-electron chi connectivity index (χ1n) is 5.33. The average Bonchev–Trinajstić information content (AvgIpc) is 2.34. The molecule has 0 aliphatic heterocycles. The zero-order valence-corrected chi connectivity index (χ0v) is 11.9. The molecular formula is C13H11Cl2NOS. The van der Waals surface area contributed by atoms with Crippen molar-refractivity contribution in [3.63, 3.8) is 0 Å². The number of hydrogen-bond donors (Lipinski definition) is 1. The van der Waals surface area contributed by atoms with Gasteiger partial charge in [-0.2, -0.15) is 0 Å². The fourth-order valence-electron chi connectivity index (χ4n) is 1.40. The number of aromatic nitrogens is 1. The third-order valence-corrected chi connectivity index (χ3v) is 4.02. The van der Waals surface area contributed by atoms with E-state index in [1.165, 1.54) is 11.8 Å². The van der Waals surface area contributed by atoms with Gasteiger partial charge in [0.05, 0.1) is 16.1 Å². The Bertz CT molecular complexity index is 560. The van der Waals surface area contributed by atoms with Gasteiger partial charge in [-0.3, -0.25) is 0 Å². The van der Waals surface area contributed by atoms with Crippen LogP contribution in [0.1, 0.15) is 18.6 Å². The zero-order valence-electron chi connectivity index (χ0n) is 9.60. The summed E-state index contributed by atoms with van der Waals surface area (Å²) in [6, 6.07) is 9.09. The quantitative estimate of drug-likeness (QED) is 0.899. The lowest BCUT2D eigenvalue weighted by molar-refractivity contribution is 0.199. The summed E-state index contributed by atoms with van der Waals surface area (Å²) < 4.78 is 0. The molecule has 0 saturated carbocycles. The Kier molecular flexibility index (Phi) is 4.51. The van der Waals surface area contributed by atoms with E-state index in [1.807, 2.05) is 12.1 Å². The van der Waals surface area contributed by atoms with E-state index in [2.05, 4.69) is 4.98 Å². The third kappa shape index (κ3) is 3.39. The highest BCUT2D eigenvalue weighted by molar-refractivity contribution is 7.99. The van der Waals surface area contributed by atoms with Gasteiger partial charge in [0.15, 0.2) is 0 Å². The van der Waals surface area contributed by atoms with Crippen LogP contribution in [-0.2, 0) is 0 Å².